The summed E-state index contributed by atoms with van der Waals surface area (Å²) in [5, 5.41) is 11.2. The van der Waals surface area contributed by atoms with Gasteiger partial charge in [-0.25, -0.2) is 0 Å². The summed E-state index contributed by atoms with van der Waals surface area (Å²) in [6, 6.07) is 14.6. The number of unbranched alkanes of at least 4 members (excludes halogenated alkanes) is 2. The fourth-order valence-corrected chi connectivity index (χ4v) is 4.98. The molecule has 6 heteroatoms. The Balaban J connectivity index is 1.91. The number of aryl methyl sites for hydroxylation is 1. The van der Waals surface area contributed by atoms with Crippen LogP contribution in [0.3, 0.4) is 0 Å². The van der Waals surface area contributed by atoms with Gasteiger partial charge in [-0.15, -0.1) is 0 Å². The Hall–Kier alpha value is -2.44. The fourth-order valence-electron chi connectivity index (χ4n) is 4.72. The highest BCUT2D eigenvalue weighted by Gasteiger charge is 2.45. The first-order valence-electron chi connectivity index (χ1n) is 13.3. The maximum atomic E-state index is 13.3. The summed E-state index contributed by atoms with van der Waals surface area (Å²) < 4.78 is 0.877. The third-order valence-electron chi connectivity index (χ3n) is 6.89. The lowest BCUT2D eigenvalue weighted by atomic mass is 9.94. The fraction of sp³-hybridized carbons (Fsp3) is 0.467. The van der Waals surface area contributed by atoms with Gasteiger partial charge in [-0.2, -0.15) is 0 Å². The Kier molecular flexibility index (Phi) is 10.7. The van der Waals surface area contributed by atoms with Crippen LogP contribution >= 0.6 is 15.9 Å². The van der Waals surface area contributed by atoms with Gasteiger partial charge in [0.1, 0.15) is 5.76 Å². The number of benzene rings is 2. The molecule has 1 aliphatic rings. The molecule has 1 unspecified atom stereocenters. The summed E-state index contributed by atoms with van der Waals surface area (Å²) in [7, 11) is 0. The molecule has 194 valence electrons. The first kappa shape index (κ1) is 28.1. The number of hydrogen-bond donors (Lipinski definition) is 1. The van der Waals surface area contributed by atoms with E-state index in [9.17, 15) is 14.7 Å². The molecule has 3 rings (SSSR count). The molecule has 1 fully saturated rings. The van der Waals surface area contributed by atoms with E-state index in [1.165, 1.54) is 5.56 Å². The van der Waals surface area contributed by atoms with Crippen molar-refractivity contribution in [3.8, 4) is 0 Å². The van der Waals surface area contributed by atoms with Crippen molar-refractivity contribution in [2.24, 2.45) is 0 Å². The molecule has 0 aromatic heterocycles. The van der Waals surface area contributed by atoms with Crippen LogP contribution in [-0.4, -0.2) is 52.8 Å². The smallest absolute Gasteiger partial charge is 0.295 e. The molecule has 0 radical (unpaired) electrons. The molecular weight excluding hydrogens is 516 g/mol. The number of ketones is 1. The Labute approximate surface area is 224 Å². The van der Waals surface area contributed by atoms with Gasteiger partial charge in [0, 0.05) is 16.6 Å². The minimum Gasteiger partial charge on any atom is -0.507 e. The van der Waals surface area contributed by atoms with Crippen LogP contribution in [0.1, 0.15) is 75.6 Å². The number of Topliss-reactive ketones (excluding diaryl/α,β-unsaturated/α-hetero) is 1. The van der Waals surface area contributed by atoms with E-state index in [4.69, 9.17) is 0 Å². The van der Waals surface area contributed by atoms with Gasteiger partial charge in [-0.1, -0.05) is 85.9 Å². The zero-order chi connectivity index (χ0) is 26.1. The van der Waals surface area contributed by atoms with E-state index in [-0.39, 0.29) is 11.3 Å². The number of aliphatic hydroxyl groups excluding tert-OH is 1. The summed E-state index contributed by atoms with van der Waals surface area (Å²) in [5.74, 6) is -1.28. The number of hydrogen-bond acceptors (Lipinski definition) is 4. The second kappa shape index (κ2) is 13.8. The molecule has 36 heavy (non-hydrogen) atoms. The highest BCUT2D eigenvalue weighted by atomic mass is 79.9. The zero-order valence-electron chi connectivity index (χ0n) is 21.8. The number of nitrogens with zero attached hydrogens (tertiary/aromatic N) is 2. The Morgan fingerprint density at radius 2 is 1.47 bits per heavy atom. The molecule has 5 nitrogen and oxygen atoms in total. The quantitative estimate of drug-likeness (QED) is 0.169. The predicted octanol–water partition coefficient (Wildman–Crippen LogP) is 6.73. The van der Waals surface area contributed by atoms with Crippen molar-refractivity contribution >= 4 is 33.4 Å². The number of aliphatic hydroxyl groups is 1. The third kappa shape index (κ3) is 6.86. The first-order valence-corrected chi connectivity index (χ1v) is 14.1. The molecule has 1 heterocycles. The highest BCUT2D eigenvalue weighted by molar-refractivity contribution is 9.10. The molecule has 2 aromatic rings. The second-order valence-electron chi connectivity index (χ2n) is 9.50. The first-order chi connectivity index (χ1) is 17.4. The molecule has 1 atom stereocenters. The van der Waals surface area contributed by atoms with Crippen LogP contribution in [0, 0.1) is 0 Å². The van der Waals surface area contributed by atoms with Gasteiger partial charge >= 0.3 is 0 Å². The number of amides is 1. The lowest BCUT2D eigenvalue weighted by Crippen LogP contribution is -2.34. The van der Waals surface area contributed by atoms with Gasteiger partial charge in [0.15, 0.2) is 0 Å². The van der Waals surface area contributed by atoms with Crippen molar-refractivity contribution in [2.45, 2.75) is 65.3 Å². The Morgan fingerprint density at radius 3 is 2.03 bits per heavy atom. The summed E-state index contributed by atoms with van der Waals surface area (Å²) >= 11 is 3.41. The van der Waals surface area contributed by atoms with E-state index in [1.807, 2.05) is 36.4 Å². The van der Waals surface area contributed by atoms with Crippen LogP contribution in [0.4, 0.5) is 0 Å². The van der Waals surface area contributed by atoms with Crippen LogP contribution in [0.5, 0.6) is 0 Å². The van der Waals surface area contributed by atoms with Crippen LogP contribution in [-0.2, 0) is 16.0 Å². The Morgan fingerprint density at radius 1 is 0.889 bits per heavy atom. The van der Waals surface area contributed by atoms with Crippen molar-refractivity contribution in [1.82, 2.24) is 9.80 Å². The third-order valence-corrected chi connectivity index (χ3v) is 7.42. The molecule has 0 bridgehead atoms. The van der Waals surface area contributed by atoms with E-state index in [0.29, 0.717) is 12.1 Å². The van der Waals surface area contributed by atoms with Crippen molar-refractivity contribution < 1.29 is 14.7 Å². The van der Waals surface area contributed by atoms with E-state index in [2.05, 4.69) is 41.6 Å². The van der Waals surface area contributed by atoms with Gasteiger partial charge < -0.3 is 14.9 Å². The molecule has 2 aromatic carbocycles. The van der Waals surface area contributed by atoms with Crippen LogP contribution in [0.2, 0.25) is 0 Å². The van der Waals surface area contributed by atoms with Crippen LogP contribution in [0.25, 0.3) is 5.76 Å². The molecule has 0 aliphatic carbocycles. The summed E-state index contributed by atoms with van der Waals surface area (Å²) in [6.45, 7) is 9.96. The van der Waals surface area contributed by atoms with E-state index in [1.54, 1.807) is 17.0 Å². The molecule has 0 spiro atoms. The molecule has 1 N–H and O–H groups in total. The van der Waals surface area contributed by atoms with Crippen molar-refractivity contribution in [2.75, 3.05) is 26.2 Å². The maximum Gasteiger partial charge on any atom is 0.295 e. The number of halogens is 1. The van der Waals surface area contributed by atoms with Gasteiger partial charge in [0.05, 0.1) is 11.6 Å². The van der Waals surface area contributed by atoms with E-state index >= 15 is 0 Å². The van der Waals surface area contributed by atoms with Gasteiger partial charge in [0.2, 0.25) is 0 Å². The average molecular weight is 556 g/mol. The zero-order valence-corrected chi connectivity index (χ0v) is 23.4. The molecule has 1 amide bonds. The lowest BCUT2D eigenvalue weighted by molar-refractivity contribution is -0.140. The van der Waals surface area contributed by atoms with Crippen LogP contribution < -0.4 is 0 Å². The Bertz CT molecular complexity index is 1040. The number of likely N-dealkylation sites (tertiary alicyclic amines) is 1. The second-order valence-corrected chi connectivity index (χ2v) is 10.4. The summed E-state index contributed by atoms with van der Waals surface area (Å²) in [6.07, 6.45) is 6.31. The number of rotatable bonds is 13. The standard InChI is InChI=1S/C30H39BrN2O3/c1-4-7-18-32(19-8-5-2)20-9-21-33-27(23-12-10-22(6-3)11-13-23)26(29(35)30(33)36)28(34)24-14-16-25(31)17-15-24/h10-17,27,34H,4-9,18-21H2,1-3H3. The normalized spacial score (nSPS) is 17.4. The highest BCUT2D eigenvalue weighted by Crippen LogP contribution is 2.39. The molecule has 0 saturated carbocycles. The lowest BCUT2D eigenvalue weighted by Gasteiger charge is -2.27. The summed E-state index contributed by atoms with van der Waals surface area (Å²) in [5.41, 5.74) is 2.72. The predicted molar refractivity (Wildman–Crippen MR) is 150 cm³/mol. The molecule has 1 saturated heterocycles. The maximum absolute atomic E-state index is 13.3. The molecule has 1 aliphatic heterocycles. The summed E-state index contributed by atoms with van der Waals surface area (Å²) in [4.78, 5) is 30.6. The average Bonchev–Trinajstić information content (AvgIpc) is 3.15. The van der Waals surface area contributed by atoms with Crippen molar-refractivity contribution in [1.29, 1.82) is 0 Å². The van der Waals surface area contributed by atoms with Crippen LogP contribution in [0.15, 0.2) is 58.6 Å². The van der Waals surface area contributed by atoms with Crippen molar-refractivity contribution in [3.63, 3.8) is 0 Å². The van der Waals surface area contributed by atoms with Crippen molar-refractivity contribution in [3.05, 3.63) is 75.3 Å². The minimum atomic E-state index is -0.617. The minimum absolute atomic E-state index is 0.125. The topological polar surface area (TPSA) is 60.9 Å². The number of carbonyl (C=O) groups is 2. The molecular formula is C30H39BrN2O3. The van der Waals surface area contributed by atoms with Gasteiger partial charge in [-0.3, -0.25) is 9.59 Å². The SMILES string of the molecule is CCCCN(CCCC)CCCN1C(=O)C(=O)C(=C(O)c2ccc(Br)cc2)C1c1ccc(CC)cc1. The van der Waals surface area contributed by atoms with Gasteiger partial charge in [0.25, 0.3) is 11.7 Å². The number of carbonyl (C=O) groups excluding carboxylic acids is 2. The van der Waals surface area contributed by atoms with E-state index < -0.39 is 17.7 Å². The largest absolute Gasteiger partial charge is 0.507 e. The monoisotopic (exact) mass is 554 g/mol. The van der Waals surface area contributed by atoms with Gasteiger partial charge in [-0.05, 0) is 68.6 Å². The van der Waals surface area contributed by atoms with E-state index in [0.717, 1.165) is 68.2 Å².